The van der Waals surface area contributed by atoms with Gasteiger partial charge in [-0.15, -0.1) is 0 Å². The Kier molecular flexibility index (Phi) is 5.25. The predicted octanol–water partition coefficient (Wildman–Crippen LogP) is 0.434. The number of carbonyl (C=O) groups is 2. The van der Waals surface area contributed by atoms with Crippen LogP contribution in [0, 0.1) is 5.92 Å². The zero-order chi connectivity index (χ0) is 12.0. The summed E-state index contributed by atoms with van der Waals surface area (Å²) in [4.78, 5) is 24.6. The smallest absolute Gasteiger partial charge is 0.319 e. The third-order valence-electron chi connectivity index (χ3n) is 2.71. The van der Waals surface area contributed by atoms with Gasteiger partial charge in [0.2, 0.25) is 0 Å². The molecule has 0 radical (unpaired) electrons. The van der Waals surface area contributed by atoms with E-state index in [1.807, 2.05) is 4.90 Å². The second-order valence-electron chi connectivity index (χ2n) is 3.90. The van der Waals surface area contributed by atoms with Crippen molar-refractivity contribution in [1.82, 2.24) is 4.90 Å². The van der Waals surface area contributed by atoms with E-state index in [-0.39, 0.29) is 24.4 Å². The molecule has 0 spiro atoms. The summed E-state index contributed by atoms with van der Waals surface area (Å²) in [7, 11) is 1.37. The van der Waals surface area contributed by atoms with E-state index in [0.717, 1.165) is 19.4 Å². The van der Waals surface area contributed by atoms with E-state index in [9.17, 15) is 9.59 Å². The van der Waals surface area contributed by atoms with Crippen LogP contribution in [0.1, 0.15) is 19.8 Å². The van der Waals surface area contributed by atoms with E-state index in [4.69, 9.17) is 4.74 Å². The van der Waals surface area contributed by atoms with Crippen LogP contribution < -0.4 is 0 Å². The molecule has 0 N–H and O–H groups in total. The largest absolute Gasteiger partial charge is 0.468 e. The van der Waals surface area contributed by atoms with Crippen molar-refractivity contribution in [1.29, 1.82) is 0 Å². The number of hydrogen-bond donors (Lipinski definition) is 0. The average molecular weight is 229 g/mol. The van der Waals surface area contributed by atoms with Gasteiger partial charge in [-0.2, -0.15) is 0 Å². The summed E-state index contributed by atoms with van der Waals surface area (Å²) in [6, 6.07) is 0. The van der Waals surface area contributed by atoms with Gasteiger partial charge >= 0.3 is 11.9 Å². The van der Waals surface area contributed by atoms with Gasteiger partial charge in [-0.25, -0.2) is 0 Å². The predicted molar refractivity (Wildman–Crippen MR) is 57.8 cm³/mol. The highest BCUT2D eigenvalue weighted by atomic mass is 16.5. The minimum atomic E-state index is -0.260. The van der Waals surface area contributed by atoms with Crippen LogP contribution in [0.25, 0.3) is 0 Å². The number of methoxy groups -OCH3 is 1. The summed E-state index contributed by atoms with van der Waals surface area (Å²) in [6.07, 6.45) is 1.76. The second-order valence-corrected chi connectivity index (χ2v) is 3.90. The lowest BCUT2D eigenvalue weighted by Crippen LogP contribution is -2.42. The zero-order valence-electron chi connectivity index (χ0n) is 9.90. The first kappa shape index (κ1) is 13.0. The standard InChI is InChI=1S/C11H19NO4/c1-3-16-11(14)9-5-4-6-12(7-9)8-10(13)15-2/h9H,3-8H2,1-2H3. The maximum Gasteiger partial charge on any atom is 0.319 e. The molecule has 0 aliphatic carbocycles. The number of hydrogen-bond acceptors (Lipinski definition) is 5. The Morgan fingerprint density at radius 1 is 1.44 bits per heavy atom. The number of ether oxygens (including phenoxy) is 2. The average Bonchev–Trinajstić information content (AvgIpc) is 2.29. The molecule has 1 saturated heterocycles. The number of rotatable bonds is 4. The lowest BCUT2D eigenvalue weighted by atomic mass is 9.98. The summed E-state index contributed by atoms with van der Waals surface area (Å²) in [5.74, 6) is -0.514. The summed E-state index contributed by atoms with van der Waals surface area (Å²) in [6.45, 7) is 3.89. The van der Waals surface area contributed by atoms with Crippen LogP contribution in [0.3, 0.4) is 0 Å². The Bertz CT molecular complexity index is 254. The minimum absolute atomic E-state index is 0.0987. The van der Waals surface area contributed by atoms with E-state index >= 15 is 0 Å². The Balaban J connectivity index is 2.40. The summed E-state index contributed by atoms with van der Waals surface area (Å²) < 4.78 is 9.58. The monoisotopic (exact) mass is 229 g/mol. The van der Waals surface area contributed by atoms with E-state index in [0.29, 0.717) is 13.2 Å². The van der Waals surface area contributed by atoms with Gasteiger partial charge in [0.05, 0.1) is 26.2 Å². The van der Waals surface area contributed by atoms with Crippen LogP contribution >= 0.6 is 0 Å². The van der Waals surface area contributed by atoms with Crippen LogP contribution in [-0.4, -0.2) is 50.2 Å². The van der Waals surface area contributed by atoms with Gasteiger partial charge < -0.3 is 9.47 Å². The molecule has 1 heterocycles. The van der Waals surface area contributed by atoms with E-state index in [2.05, 4.69) is 4.74 Å². The third-order valence-corrected chi connectivity index (χ3v) is 2.71. The molecule has 1 aliphatic rings. The zero-order valence-corrected chi connectivity index (χ0v) is 9.90. The van der Waals surface area contributed by atoms with Crippen molar-refractivity contribution in [3.05, 3.63) is 0 Å². The molecule has 1 unspecified atom stereocenters. The maximum atomic E-state index is 11.5. The highest BCUT2D eigenvalue weighted by Crippen LogP contribution is 2.17. The van der Waals surface area contributed by atoms with Crippen molar-refractivity contribution < 1.29 is 19.1 Å². The van der Waals surface area contributed by atoms with Gasteiger partial charge in [-0.1, -0.05) is 0 Å². The molecule has 1 atom stereocenters. The number of carbonyl (C=O) groups excluding carboxylic acids is 2. The van der Waals surface area contributed by atoms with Crippen molar-refractivity contribution in [2.24, 2.45) is 5.92 Å². The van der Waals surface area contributed by atoms with Crippen molar-refractivity contribution >= 4 is 11.9 Å². The highest BCUT2D eigenvalue weighted by molar-refractivity contribution is 5.73. The normalized spacial score (nSPS) is 21.5. The van der Waals surface area contributed by atoms with Crippen molar-refractivity contribution in [3.63, 3.8) is 0 Å². The molecular weight excluding hydrogens is 210 g/mol. The van der Waals surface area contributed by atoms with E-state index in [1.54, 1.807) is 6.92 Å². The van der Waals surface area contributed by atoms with Crippen LogP contribution in [0.2, 0.25) is 0 Å². The minimum Gasteiger partial charge on any atom is -0.468 e. The van der Waals surface area contributed by atoms with Crippen molar-refractivity contribution in [2.75, 3.05) is 33.4 Å². The molecule has 0 saturated carbocycles. The Labute approximate surface area is 95.7 Å². The lowest BCUT2D eigenvalue weighted by Gasteiger charge is -2.30. The first-order valence-electron chi connectivity index (χ1n) is 5.63. The molecule has 5 heteroatoms. The molecule has 0 aromatic carbocycles. The molecule has 16 heavy (non-hydrogen) atoms. The van der Waals surface area contributed by atoms with E-state index in [1.165, 1.54) is 7.11 Å². The molecule has 1 fully saturated rings. The maximum absolute atomic E-state index is 11.5. The topological polar surface area (TPSA) is 55.8 Å². The van der Waals surface area contributed by atoms with Crippen LogP contribution in [0.5, 0.6) is 0 Å². The van der Waals surface area contributed by atoms with Crippen LogP contribution in [0.4, 0.5) is 0 Å². The number of nitrogens with zero attached hydrogens (tertiary/aromatic N) is 1. The molecule has 0 aromatic heterocycles. The van der Waals surface area contributed by atoms with E-state index < -0.39 is 0 Å². The summed E-state index contributed by atoms with van der Waals surface area (Å²) in [5, 5.41) is 0. The Morgan fingerprint density at radius 3 is 2.81 bits per heavy atom. The second kappa shape index (κ2) is 6.48. The Hall–Kier alpha value is -1.10. The van der Waals surface area contributed by atoms with Gasteiger partial charge in [0.25, 0.3) is 0 Å². The van der Waals surface area contributed by atoms with Gasteiger partial charge in [-0.05, 0) is 26.3 Å². The highest BCUT2D eigenvalue weighted by Gasteiger charge is 2.27. The first-order chi connectivity index (χ1) is 7.67. The van der Waals surface area contributed by atoms with Crippen molar-refractivity contribution in [3.8, 4) is 0 Å². The molecule has 0 bridgehead atoms. The fraction of sp³-hybridized carbons (Fsp3) is 0.818. The van der Waals surface area contributed by atoms with Gasteiger partial charge in [0, 0.05) is 6.54 Å². The van der Waals surface area contributed by atoms with Crippen LogP contribution in [-0.2, 0) is 19.1 Å². The van der Waals surface area contributed by atoms with Gasteiger partial charge in [0.1, 0.15) is 0 Å². The van der Waals surface area contributed by atoms with Gasteiger partial charge in [-0.3, -0.25) is 14.5 Å². The Morgan fingerprint density at radius 2 is 2.19 bits per heavy atom. The number of piperidine rings is 1. The first-order valence-corrected chi connectivity index (χ1v) is 5.63. The molecule has 0 amide bonds. The number of esters is 2. The molecular formula is C11H19NO4. The quantitative estimate of drug-likeness (QED) is 0.654. The summed E-state index contributed by atoms with van der Waals surface area (Å²) >= 11 is 0. The van der Waals surface area contributed by atoms with Gasteiger partial charge in [0.15, 0.2) is 0 Å². The van der Waals surface area contributed by atoms with Crippen molar-refractivity contribution in [2.45, 2.75) is 19.8 Å². The lowest BCUT2D eigenvalue weighted by molar-refractivity contribution is -0.151. The number of likely N-dealkylation sites (tertiary alicyclic amines) is 1. The third kappa shape index (κ3) is 3.81. The summed E-state index contributed by atoms with van der Waals surface area (Å²) in [5.41, 5.74) is 0. The molecule has 5 nitrogen and oxygen atoms in total. The molecule has 92 valence electrons. The molecule has 1 rings (SSSR count). The van der Waals surface area contributed by atoms with Crippen LogP contribution in [0.15, 0.2) is 0 Å². The fourth-order valence-corrected chi connectivity index (χ4v) is 1.90. The fourth-order valence-electron chi connectivity index (χ4n) is 1.90. The molecule has 1 aliphatic heterocycles. The molecule has 0 aromatic rings. The SMILES string of the molecule is CCOC(=O)C1CCCN(CC(=O)OC)C1.